The van der Waals surface area contributed by atoms with Gasteiger partial charge in [-0.15, -0.1) is 0 Å². The van der Waals surface area contributed by atoms with Crippen molar-refractivity contribution in [1.82, 2.24) is 5.32 Å². The maximum atomic E-state index is 8.72. The molecule has 0 aromatic rings. The van der Waals surface area contributed by atoms with Crippen molar-refractivity contribution in [3.8, 4) is 12.1 Å². The number of aliphatic imine (C=N–C) groups is 1. The number of hydrogen-bond donors (Lipinski definition) is 1. The highest BCUT2D eigenvalue weighted by Crippen LogP contribution is 2.18. The summed E-state index contributed by atoms with van der Waals surface area (Å²) in [5.41, 5.74) is 0.881. The molecule has 13 heavy (non-hydrogen) atoms. The lowest BCUT2D eigenvalue weighted by molar-refractivity contribution is 0.561. The fraction of sp³-hybridized carbons (Fsp3) is 0.444. The minimum Gasteiger partial charge on any atom is -0.364 e. The lowest BCUT2D eigenvalue weighted by atomic mass is 9.97. The Morgan fingerprint density at radius 2 is 1.92 bits per heavy atom. The molecule has 0 unspecified atom stereocenters. The lowest BCUT2D eigenvalue weighted by Gasteiger charge is -2.30. The van der Waals surface area contributed by atoms with E-state index >= 15 is 0 Å². The molecule has 0 atom stereocenters. The molecule has 1 N–H and O–H groups in total. The van der Waals surface area contributed by atoms with Crippen LogP contribution in [-0.2, 0) is 0 Å². The number of hydrogen-bond acceptors (Lipinski definition) is 4. The maximum absolute atomic E-state index is 8.72. The number of allylic oxidation sites excluding steroid dienone is 2. The van der Waals surface area contributed by atoms with Crippen molar-refractivity contribution in [3.05, 3.63) is 11.4 Å². The minimum atomic E-state index is -0.342. The van der Waals surface area contributed by atoms with Gasteiger partial charge in [0.1, 0.15) is 12.1 Å². The monoisotopic (exact) mass is 174 g/mol. The highest BCUT2D eigenvalue weighted by Gasteiger charge is 2.28. The molecule has 0 bridgehead atoms. The van der Waals surface area contributed by atoms with Gasteiger partial charge < -0.3 is 5.32 Å². The van der Waals surface area contributed by atoms with Crippen molar-refractivity contribution < 1.29 is 0 Å². The van der Waals surface area contributed by atoms with Crippen LogP contribution in [0.15, 0.2) is 16.4 Å². The summed E-state index contributed by atoms with van der Waals surface area (Å²) in [6, 6.07) is 3.80. The predicted octanol–water partition coefficient (Wildman–Crippen LogP) is 1.09. The molecule has 0 aromatic carbocycles. The van der Waals surface area contributed by atoms with Gasteiger partial charge in [0.2, 0.25) is 0 Å². The zero-order valence-corrected chi connectivity index (χ0v) is 7.84. The van der Waals surface area contributed by atoms with Gasteiger partial charge in [0.25, 0.3) is 0 Å². The molecular formula is C9H10N4. The average Bonchev–Trinajstić information content (AvgIpc) is 2.08. The second kappa shape index (κ2) is 2.91. The zero-order valence-electron chi connectivity index (χ0n) is 7.84. The zero-order chi connectivity index (χ0) is 10.1. The Bertz CT molecular complexity index is 373. The molecule has 4 nitrogen and oxygen atoms in total. The van der Waals surface area contributed by atoms with E-state index in [1.807, 2.05) is 32.9 Å². The summed E-state index contributed by atoms with van der Waals surface area (Å²) in [6.07, 6.45) is 0. The van der Waals surface area contributed by atoms with E-state index in [-0.39, 0.29) is 16.9 Å². The SMILES string of the molecule is CC1=NC(C#N)=C(C#N)NC1(C)C. The molecule has 66 valence electrons. The Hall–Kier alpha value is -1.81. The van der Waals surface area contributed by atoms with Crippen LogP contribution in [-0.4, -0.2) is 11.3 Å². The Morgan fingerprint density at radius 3 is 2.38 bits per heavy atom. The molecule has 0 spiro atoms. The maximum Gasteiger partial charge on any atom is 0.174 e. The highest BCUT2D eigenvalue weighted by molar-refractivity contribution is 5.93. The first kappa shape index (κ1) is 9.28. The van der Waals surface area contributed by atoms with E-state index in [4.69, 9.17) is 10.5 Å². The topological polar surface area (TPSA) is 72.0 Å². The minimum absolute atomic E-state index is 0.166. The molecule has 1 aliphatic rings. The number of nitriles is 2. The molecule has 0 radical (unpaired) electrons. The number of nitrogens with one attached hydrogen (secondary N) is 1. The van der Waals surface area contributed by atoms with Crippen molar-refractivity contribution >= 4 is 5.71 Å². The van der Waals surface area contributed by atoms with Crippen LogP contribution in [0, 0.1) is 22.7 Å². The summed E-state index contributed by atoms with van der Waals surface area (Å²) in [4.78, 5) is 4.06. The van der Waals surface area contributed by atoms with Gasteiger partial charge >= 0.3 is 0 Å². The van der Waals surface area contributed by atoms with E-state index in [0.29, 0.717) is 0 Å². The molecule has 0 saturated heterocycles. The van der Waals surface area contributed by atoms with Gasteiger partial charge in [-0.25, -0.2) is 4.99 Å². The van der Waals surface area contributed by atoms with Crippen LogP contribution in [0.3, 0.4) is 0 Å². The standard InChI is InChI=1S/C9H10N4/c1-6-9(2,3)13-8(5-11)7(4-10)12-6/h13H,1-3H3. The van der Waals surface area contributed by atoms with Gasteiger partial charge in [0.15, 0.2) is 11.4 Å². The van der Waals surface area contributed by atoms with Crippen molar-refractivity contribution in [3.63, 3.8) is 0 Å². The van der Waals surface area contributed by atoms with Crippen LogP contribution in [0.4, 0.5) is 0 Å². The van der Waals surface area contributed by atoms with E-state index in [9.17, 15) is 0 Å². The third-order valence-electron chi connectivity index (χ3n) is 2.08. The molecule has 0 saturated carbocycles. The van der Waals surface area contributed by atoms with E-state index < -0.39 is 0 Å². The van der Waals surface area contributed by atoms with Crippen molar-refractivity contribution in [1.29, 1.82) is 10.5 Å². The Morgan fingerprint density at radius 1 is 1.31 bits per heavy atom. The van der Waals surface area contributed by atoms with E-state index in [1.165, 1.54) is 0 Å². The van der Waals surface area contributed by atoms with E-state index in [1.54, 1.807) is 0 Å². The second-order valence-electron chi connectivity index (χ2n) is 3.39. The summed E-state index contributed by atoms with van der Waals surface area (Å²) in [5.74, 6) is 0. The molecule has 0 amide bonds. The Kier molecular flexibility index (Phi) is 2.08. The lowest BCUT2D eigenvalue weighted by Crippen LogP contribution is -2.47. The van der Waals surface area contributed by atoms with Crippen LogP contribution in [0.2, 0.25) is 0 Å². The van der Waals surface area contributed by atoms with Crippen molar-refractivity contribution in [2.45, 2.75) is 26.3 Å². The van der Waals surface area contributed by atoms with Crippen LogP contribution >= 0.6 is 0 Å². The molecule has 1 heterocycles. The summed E-state index contributed by atoms with van der Waals surface area (Å²) in [7, 11) is 0. The van der Waals surface area contributed by atoms with Crippen LogP contribution in [0.5, 0.6) is 0 Å². The largest absolute Gasteiger partial charge is 0.364 e. The first-order valence-corrected chi connectivity index (χ1v) is 3.89. The van der Waals surface area contributed by atoms with Crippen LogP contribution in [0.25, 0.3) is 0 Å². The third-order valence-corrected chi connectivity index (χ3v) is 2.08. The second-order valence-corrected chi connectivity index (χ2v) is 3.39. The summed E-state index contributed by atoms with van der Waals surface area (Å²) < 4.78 is 0. The molecular weight excluding hydrogens is 164 g/mol. The van der Waals surface area contributed by atoms with E-state index in [0.717, 1.165) is 5.71 Å². The Balaban J connectivity index is 3.21. The first-order chi connectivity index (χ1) is 6.01. The van der Waals surface area contributed by atoms with Crippen molar-refractivity contribution in [2.75, 3.05) is 0 Å². The first-order valence-electron chi connectivity index (χ1n) is 3.89. The van der Waals surface area contributed by atoms with E-state index in [2.05, 4.69) is 10.3 Å². The summed E-state index contributed by atoms with van der Waals surface area (Å²) in [5, 5.41) is 20.4. The number of nitrogens with zero attached hydrogens (tertiary/aromatic N) is 3. The summed E-state index contributed by atoms with van der Waals surface area (Å²) in [6.45, 7) is 5.66. The van der Waals surface area contributed by atoms with Gasteiger partial charge in [0, 0.05) is 5.71 Å². The molecule has 1 rings (SSSR count). The third kappa shape index (κ3) is 1.52. The van der Waals surface area contributed by atoms with Crippen molar-refractivity contribution in [2.24, 2.45) is 4.99 Å². The summed E-state index contributed by atoms with van der Waals surface area (Å²) >= 11 is 0. The predicted molar refractivity (Wildman–Crippen MR) is 48.6 cm³/mol. The van der Waals surface area contributed by atoms with Gasteiger partial charge in [-0.05, 0) is 20.8 Å². The highest BCUT2D eigenvalue weighted by atomic mass is 15.1. The molecule has 0 aliphatic carbocycles. The van der Waals surface area contributed by atoms with Gasteiger partial charge in [-0.2, -0.15) is 10.5 Å². The fourth-order valence-electron chi connectivity index (χ4n) is 0.987. The van der Waals surface area contributed by atoms with Gasteiger partial charge in [0.05, 0.1) is 5.54 Å². The van der Waals surface area contributed by atoms with Gasteiger partial charge in [-0.1, -0.05) is 0 Å². The quantitative estimate of drug-likeness (QED) is 0.597. The van der Waals surface area contributed by atoms with Crippen LogP contribution < -0.4 is 5.32 Å². The number of rotatable bonds is 0. The molecule has 1 aliphatic heterocycles. The molecule has 0 aromatic heterocycles. The smallest absolute Gasteiger partial charge is 0.174 e. The average molecular weight is 174 g/mol. The normalized spacial score (nSPS) is 19.6. The molecule has 0 fully saturated rings. The van der Waals surface area contributed by atoms with Crippen LogP contribution in [0.1, 0.15) is 20.8 Å². The van der Waals surface area contributed by atoms with Gasteiger partial charge in [-0.3, -0.25) is 0 Å². The Labute approximate surface area is 77.2 Å². The molecule has 4 heteroatoms. The fourth-order valence-corrected chi connectivity index (χ4v) is 0.987.